The van der Waals surface area contributed by atoms with Gasteiger partial charge in [0.1, 0.15) is 6.04 Å². The van der Waals surface area contributed by atoms with Crippen LogP contribution in [0.15, 0.2) is 22.7 Å². The predicted octanol–water partition coefficient (Wildman–Crippen LogP) is 1.79. The molecule has 0 radical (unpaired) electrons. The van der Waals surface area contributed by atoms with Crippen molar-refractivity contribution in [1.82, 2.24) is 4.90 Å². The molecular weight excluding hydrogens is 308 g/mol. The maximum absolute atomic E-state index is 12.5. The Hall–Kier alpha value is -0.910. The molecule has 0 aliphatic carbocycles. The maximum Gasteiger partial charge on any atom is 0.247 e. The van der Waals surface area contributed by atoms with Crippen LogP contribution in [0.2, 0.25) is 0 Å². The number of benzene rings is 1. The first-order chi connectivity index (χ1) is 8.95. The van der Waals surface area contributed by atoms with Crippen molar-refractivity contribution in [2.45, 2.75) is 25.9 Å². The Morgan fingerprint density at radius 3 is 2.74 bits per heavy atom. The molecule has 2 rings (SSSR count). The zero-order chi connectivity index (χ0) is 14.2. The van der Waals surface area contributed by atoms with Gasteiger partial charge in [0.05, 0.1) is 6.61 Å². The van der Waals surface area contributed by atoms with Crippen molar-refractivity contribution in [2.75, 3.05) is 25.1 Å². The number of hydrogen-bond donors (Lipinski definition) is 1. The maximum atomic E-state index is 12.5. The van der Waals surface area contributed by atoms with E-state index in [1.807, 2.05) is 48.9 Å². The van der Waals surface area contributed by atoms with E-state index in [1.54, 1.807) is 0 Å². The van der Waals surface area contributed by atoms with Crippen LogP contribution in [0.5, 0.6) is 0 Å². The third-order valence-corrected chi connectivity index (χ3v) is 4.13. The molecule has 2 atom stereocenters. The van der Waals surface area contributed by atoms with Gasteiger partial charge in [-0.2, -0.15) is 0 Å². The van der Waals surface area contributed by atoms with Crippen LogP contribution in [0, 0.1) is 6.92 Å². The number of carbonyl (C=O) groups excluding carboxylic acids is 1. The van der Waals surface area contributed by atoms with E-state index < -0.39 is 6.04 Å². The zero-order valence-electron chi connectivity index (χ0n) is 11.4. The summed E-state index contributed by atoms with van der Waals surface area (Å²) in [5, 5.41) is 9.40. The van der Waals surface area contributed by atoms with Gasteiger partial charge in [-0.15, -0.1) is 0 Å². The molecule has 1 amide bonds. The summed E-state index contributed by atoms with van der Waals surface area (Å²) in [6, 6.07) is 5.54. The molecule has 1 fully saturated rings. The van der Waals surface area contributed by atoms with Crippen molar-refractivity contribution >= 4 is 27.5 Å². The molecule has 1 aliphatic heterocycles. The molecule has 1 aromatic rings. The summed E-state index contributed by atoms with van der Waals surface area (Å²) in [7, 11) is 1.88. The first-order valence-electron chi connectivity index (χ1n) is 6.36. The SMILES string of the molecule is Cc1cc(Br)ccc1N1C(=O)C(CO)N(C)CC1C. The molecule has 0 saturated carbocycles. The van der Waals surface area contributed by atoms with Gasteiger partial charge < -0.3 is 10.0 Å². The molecule has 4 nitrogen and oxygen atoms in total. The van der Waals surface area contributed by atoms with E-state index in [2.05, 4.69) is 15.9 Å². The highest BCUT2D eigenvalue weighted by molar-refractivity contribution is 9.10. The van der Waals surface area contributed by atoms with Crippen molar-refractivity contribution in [2.24, 2.45) is 0 Å². The standard InChI is InChI=1S/C14H19BrN2O2/c1-9-6-11(15)4-5-12(9)17-10(2)7-16(3)13(8-18)14(17)19/h4-6,10,13,18H,7-8H2,1-3H3. The Kier molecular flexibility index (Phi) is 4.28. The second-order valence-corrected chi connectivity index (χ2v) is 6.04. The first-order valence-corrected chi connectivity index (χ1v) is 7.15. The Balaban J connectivity index is 2.39. The van der Waals surface area contributed by atoms with E-state index in [9.17, 15) is 9.90 Å². The molecule has 19 heavy (non-hydrogen) atoms. The molecular formula is C14H19BrN2O2. The number of anilines is 1. The fourth-order valence-corrected chi connectivity index (χ4v) is 3.13. The molecule has 0 aromatic heterocycles. The van der Waals surface area contributed by atoms with Gasteiger partial charge in [0.25, 0.3) is 0 Å². The fourth-order valence-electron chi connectivity index (χ4n) is 2.65. The van der Waals surface area contributed by atoms with Gasteiger partial charge in [0.15, 0.2) is 0 Å². The minimum Gasteiger partial charge on any atom is -0.394 e. The normalized spacial score (nSPS) is 24.9. The lowest BCUT2D eigenvalue weighted by molar-refractivity contribution is -0.127. The van der Waals surface area contributed by atoms with Crippen LogP contribution in [0.3, 0.4) is 0 Å². The van der Waals surface area contributed by atoms with Gasteiger partial charge in [0, 0.05) is 22.7 Å². The van der Waals surface area contributed by atoms with E-state index >= 15 is 0 Å². The number of hydrogen-bond acceptors (Lipinski definition) is 3. The zero-order valence-corrected chi connectivity index (χ0v) is 13.0. The Morgan fingerprint density at radius 1 is 1.47 bits per heavy atom. The fraction of sp³-hybridized carbons (Fsp3) is 0.500. The van der Waals surface area contributed by atoms with Gasteiger partial charge in [-0.25, -0.2) is 0 Å². The number of carbonyl (C=O) groups is 1. The topological polar surface area (TPSA) is 43.8 Å². The summed E-state index contributed by atoms with van der Waals surface area (Å²) in [4.78, 5) is 16.3. The lowest BCUT2D eigenvalue weighted by Gasteiger charge is -2.42. The van der Waals surface area contributed by atoms with E-state index in [-0.39, 0.29) is 18.6 Å². The third-order valence-electron chi connectivity index (χ3n) is 3.64. The van der Waals surface area contributed by atoms with Crippen LogP contribution >= 0.6 is 15.9 Å². The number of amides is 1. The van der Waals surface area contributed by atoms with E-state index in [0.29, 0.717) is 0 Å². The van der Waals surface area contributed by atoms with E-state index in [0.717, 1.165) is 22.3 Å². The summed E-state index contributed by atoms with van der Waals surface area (Å²) >= 11 is 3.43. The van der Waals surface area contributed by atoms with Crippen LogP contribution in [0.4, 0.5) is 5.69 Å². The average molecular weight is 327 g/mol. The summed E-state index contributed by atoms with van der Waals surface area (Å²) in [5.74, 6) is -0.0332. The largest absolute Gasteiger partial charge is 0.394 e. The molecule has 1 aromatic carbocycles. The predicted molar refractivity (Wildman–Crippen MR) is 79.3 cm³/mol. The molecule has 2 unspecified atom stereocenters. The smallest absolute Gasteiger partial charge is 0.247 e. The Morgan fingerprint density at radius 2 is 2.16 bits per heavy atom. The molecule has 1 aliphatic rings. The molecule has 0 bridgehead atoms. The number of halogens is 1. The molecule has 1 saturated heterocycles. The monoisotopic (exact) mass is 326 g/mol. The van der Waals surface area contributed by atoms with Gasteiger partial charge in [-0.05, 0) is 44.7 Å². The second-order valence-electron chi connectivity index (χ2n) is 5.13. The Labute approximate surface area is 122 Å². The number of aryl methyl sites for hydroxylation is 1. The van der Waals surface area contributed by atoms with Crippen molar-refractivity contribution in [3.05, 3.63) is 28.2 Å². The van der Waals surface area contributed by atoms with Crippen molar-refractivity contribution < 1.29 is 9.90 Å². The summed E-state index contributed by atoms with van der Waals surface area (Å²) in [6.07, 6.45) is 0. The summed E-state index contributed by atoms with van der Waals surface area (Å²) < 4.78 is 1.00. The molecule has 1 N–H and O–H groups in total. The van der Waals surface area contributed by atoms with Crippen molar-refractivity contribution in [3.8, 4) is 0 Å². The average Bonchev–Trinajstić information content (AvgIpc) is 2.31. The minimum absolute atomic E-state index is 0.0332. The summed E-state index contributed by atoms with van der Waals surface area (Å²) in [5.41, 5.74) is 1.98. The number of rotatable bonds is 2. The van der Waals surface area contributed by atoms with Crippen molar-refractivity contribution in [1.29, 1.82) is 0 Å². The number of nitrogens with zero attached hydrogens (tertiary/aromatic N) is 2. The van der Waals surface area contributed by atoms with E-state index in [4.69, 9.17) is 0 Å². The van der Waals surface area contributed by atoms with Crippen LogP contribution in [0.25, 0.3) is 0 Å². The van der Waals surface area contributed by atoms with Crippen LogP contribution in [-0.2, 0) is 4.79 Å². The first kappa shape index (κ1) is 14.5. The lowest BCUT2D eigenvalue weighted by atomic mass is 10.0. The highest BCUT2D eigenvalue weighted by Crippen LogP contribution is 2.28. The highest BCUT2D eigenvalue weighted by Gasteiger charge is 2.37. The van der Waals surface area contributed by atoms with Crippen LogP contribution in [0.1, 0.15) is 12.5 Å². The second kappa shape index (κ2) is 5.61. The van der Waals surface area contributed by atoms with Gasteiger partial charge in [0.2, 0.25) is 5.91 Å². The number of aliphatic hydroxyl groups is 1. The van der Waals surface area contributed by atoms with Gasteiger partial charge in [-0.3, -0.25) is 9.69 Å². The Bertz CT molecular complexity index is 492. The van der Waals surface area contributed by atoms with Gasteiger partial charge in [-0.1, -0.05) is 15.9 Å². The third kappa shape index (κ3) is 2.68. The summed E-state index contributed by atoms with van der Waals surface area (Å²) in [6.45, 7) is 4.64. The molecule has 104 valence electrons. The molecule has 0 spiro atoms. The minimum atomic E-state index is -0.445. The van der Waals surface area contributed by atoms with Gasteiger partial charge >= 0.3 is 0 Å². The van der Waals surface area contributed by atoms with Crippen molar-refractivity contribution in [3.63, 3.8) is 0 Å². The number of piperazine rings is 1. The number of aliphatic hydroxyl groups excluding tert-OH is 1. The number of likely N-dealkylation sites (N-methyl/N-ethyl adjacent to an activating group) is 1. The quantitative estimate of drug-likeness (QED) is 0.901. The van der Waals surface area contributed by atoms with Crippen LogP contribution < -0.4 is 4.90 Å². The highest BCUT2D eigenvalue weighted by atomic mass is 79.9. The molecule has 5 heteroatoms. The lowest BCUT2D eigenvalue weighted by Crippen LogP contribution is -2.61. The molecule has 1 heterocycles. The van der Waals surface area contributed by atoms with Crippen LogP contribution in [-0.4, -0.2) is 48.2 Å². The van der Waals surface area contributed by atoms with E-state index in [1.165, 1.54) is 0 Å².